The van der Waals surface area contributed by atoms with E-state index in [-0.39, 0.29) is 11.0 Å². The molecule has 0 aromatic carbocycles. The lowest BCUT2D eigenvalue weighted by molar-refractivity contribution is 0.569. The summed E-state index contributed by atoms with van der Waals surface area (Å²) in [5, 5.41) is 4.03. The van der Waals surface area contributed by atoms with Crippen molar-refractivity contribution in [1.82, 2.24) is 14.1 Å². The van der Waals surface area contributed by atoms with E-state index in [1.807, 2.05) is 36.1 Å². The molecule has 110 valence electrons. The molecular formula is C16H19N3OS. The summed E-state index contributed by atoms with van der Waals surface area (Å²) in [5.41, 5.74) is 1.90. The van der Waals surface area contributed by atoms with Gasteiger partial charge >= 0.3 is 0 Å². The summed E-state index contributed by atoms with van der Waals surface area (Å²) < 4.78 is 3.60. The Morgan fingerprint density at radius 3 is 2.62 bits per heavy atom. The highest BCUT2D eigenvalue weighted by Crippen LogP contribution is 2.24. The van der Waals surface area contributed by atoms with Gasteiger partial charge in [-0.2, -0.15) is 0 Å². The Balaban J connectivity index is 1.99. The third-order valence-electron chi connectivity index (χ3n) is 3.63. The highest BCUT2D eigenvalue weighted by atomic mass is 32.1. The number of pyridine rings is 1. The Hall–Kier alpha value is -1.88. The van der Waals surface area contributed by atoms with Crippen LogP contribution in [0.1, 0.15) is 31.5 Å². The first-order valence-electron chi connectivity index (χ1n) is 6.95. The number of nitrogens with zero attached hydrogens (tertiary/aromatic N) is 3. The second-order valence-electron chi connectivity index (χ2n) is 6.36. The maximum atomic E-state index is 12.5. The number of aromatic nitrogens is 3. The fraction of sp³-hybridized carbons (Fsp3) is 0.375. The van der Waals surface area contributed by atoms with Gasteiger partial charge in [-0.1, -0.05) is 20.8 Å². The van der Waals surface area contributed by atoms with Gasteiger partial charge in [0, 0.05) is 35.6 Å². The molecule has 0 unspecified atom stereocenters. The van der Waals surface area contributed by atoms with Crippen LogP contribution < -0.4 is 5.56 Å². The summed E-state index contributed by atoms with van der Waals surface area (Å²) in [6.07, 6.45) is 3.76. The molecule has 3 aromatic rings. The molecule has 0 atom stereocenters. The van der Waals surface area contributed by atoms with Crippen LogP contribution in [0.3, 0.4) is 0 Å². The SMILES string of the molecule is Cn1ccc2ccn(Cc3nc(C(C)(C)C)cs3)c(=O)c21. The van der Waals surface area contributed by atoms with Gasteiger partial charge in [-0.3, -0.25) is 4.79 Å². The minimum atomic E-state index is 0.0347. The lowest BCUT2D eigenvalue weighted by Gasteiger charge is -2.14. The van der Waals surface area contributed by atoms with E-state index in [1.54, 1.807) is 15.9 Å². The Morgan fingerprint density at radius 2 is 1.95 bits per heavy atom. The standard InChI is InChI=1S/C16H19N3OS/c1-16(2,3)12-10-21-13(17-12)9-19-8-6-11-5-7-18(4)14(11)15(19)20/h5-8,10H,9H2,1-4H3. The highest BCUT2D eigenvalue weighted by Gasteiger charge is 2.17. The molecule has 0 saturated heterocycles. The highest BCUT2D eigenvalue weighted by molar-refractivity contribution is 7.09. The molecule has 0 aliphatic rings. The van der Waals surface area contributed by atoms with Crippen LogP contribution >= 0.6 is 11.3 Å². The summed E-state index contributed by atoms with van der Waals surface area (Å²) >= 11 is 1.61. The van der Waals surface area contributed by atoms with E-state index in [4.69, 9.17) is 0 Å². The van der Waals surface area contributed by atoms with Crippen molar-refractivity contribution < 1.29 is 0 Å². The van der Waals surface area contributed by atoms with Crippen LogP contribution in [0.15, 0.2) is 34.7 Å². The summed E-state index contributed by atoms with van der Waals surface area (Å²) in [6, 6.07) is 3.94. The molecule has 3 aromatic heterocycles. The normalized spacial score (nSPS) is 12.2. The Kier molecular flexibility index (Phi) is 3.24. The first-order valence-corrected chi connectivity index (χ1v) is 7.83. The summed E-state index contributed by atoms with van der Waals surface area (Å²) in [5.74, 6) is 0. The van der Waals surface area contributed by atoms with Gasteiger partial charge < -0.3 is 9.13 Å². The van der Waals surface area contributed by atoms with Crippen LogP contribution in [0.4, 0.5) is 0 Å². The molecule has 0 spiro atoms. The van der Waals surface area contributed by atoms with Crippen LogP contribution in [0.5, 0.6) is 0 Å². The van der Waals surface area contributed by atoms with E-state index in [9.17, 15) is 4.79 Å². The number of fused-ring (bicyclic) bond motifs is 1. The molecule has 21 heavy (non-hydrogen) atoms. The topological polar surface area (TPSA) is 39.8 Å². The molecule has 0 amide bonds. The maximum absolute atomic E-state index is 12.5. The zero-order valence-corrected chi connectivity index (χ0v) is 13.6. The van der Waals surface area contributed by atoms with Crippen LogP contribution in [-0.4, -0.2) is 14.1 Å². The van der Waals surface area contributed by atoms with Crippen molar-refractivity contribution in [3.63, 3.8) is 0 Å². The number of thiazole rings is 1. The van der Waals surface area contributed by atoms with Gasteiger partial charge in [0.25, 0.3) is 5.56 Å². The van der Waals surface area contributed by atoms with Gasteiger partial charge in [-0.25, -0.2) is 4.98 Å². The fourth-order valence-corrected chi connectivity index (χ4v) is 3.35. The van der Waals surface area contributed by atoms with Crippen molar-refractivity contribution in [1.29, 1.82) is 0 Å². The minimum Gasteiger partial charge on any atom is -0.346 e. The van der Waals surface area contributed by atoms with Crippen molar-refractivity contribution in [2.75, 3.05) is 0 Å². The van der Waals surface area contributed by atoms with E-state index >= 15 is 0 Å². The van der Waals surface area contributed by atoms with Crippen LogP contribution in [0.25, 0.3) is 10.9 Å². The first-order chi connectivity index (χ1) is 9.86. The Labute approximate surface area is 127 Å². The molecule has 0 bridgehead atoms. The van der Waals surface area contributed by atoms with Crippen LogP contribution in [-0.2, 0) is 19.0 Å². The summed E-state index contributed by atoms with van der Waals surface area (Å²) in [6.45, 7) is 6.97. The number of aryl methyl sites for hydroxylation is 1. The van der Waals surface area contributed by atoms with E-state index in [0.717, 1.165) is 21.6 Å². The zero-order valence-electron chi connectivity index (χ0n) is 12.8. The first kappa shape index (κ1) is 14.1. The molecule has 4 nitrogen and oxygen atoms in total. The fourth-order valence-electron chi connectivity index (χ4n) is 2.33. The average molecular weight is 301 g/mol. The van der Waals surface area contributed by atoms with Crippen molar-refractivity contribution in [3.8, 4) is 0 Å². The number of rotatable bonds is 2. The molecule has 3 rings (SSSR count). The van der Waals surface area contributed by atoms with Gasteiger partial charge in [-0.15, -0.1) is 11.3 Å². The van der Waals surface area contributed by atoms with E-state index in [2.05, 4.69) is 31.1 Å². The largest absolute Gasteiger partial charge is 0.346 e. The average Bonchev–Trinajstić information content (AvgIpc) is 3.00. The molecule has 3 heterocycles. The zero-order chi connectivity index (χ0) is 15.2. The molecule has 0 aliphatic carbocycles. The third kappa shape index (κ3) is 2.53. The van der Waals surface area contributed by atoms with Crippen LogP contribution in [0, 0.1) is 0 Å². The second-order valence-corrected chi connectivity index (χ2v) is 7.30. The lowest BCUT2D eigenvalue weighted by atomic mass is 9.93. The lowest BCUT2D eigenvalue weighted by Crippen LogP contribution is -2.21. The van der Waals surface area contributed by atoms with Gasteiger partial charge in [0.2, 0.25) is 0 Å². The smallest absolute Gasteiger partial charge is 0.275 e. The van der Waals surface area contributed by atoms with Gasteiger partial charge in [0.1, 0.15) is 10.5 Å². The maximum Gasteiger partial charge on any atom is 0.275 e. The predicted octanol–water partition coefficient (Wildman–Crippen LogP) is 3.14. The quantitative estimate of drug-likeness (QED) is 0.729. The number of hydrogen-bond acceptors (Lipinski definition) is 3. The molecule has 0 aliphatic heterocycles. The van der Waals surface area contributed by atoms with Crippen molar-refractivity contribution in [3.05, 3.63) is 51.0 Å². The van der Waals surface area contributed by atoms with E-state index in [1.165, 1.54) is 0 Å². The molecule has 0 radical (unpaired) electrons. The van der Waals surface area contributed by atoms with E-state index < -0.39 is 0 Å². The van der Waals surface area contributed by atoms with Crippen LogP contribution in [0.2, 0.25) is 0 Å². The predicted molar refractivity (Wildman–Crippen MR) is 87.1 cm³/mol. The molecule has 5 heteroatoms. The molecule has 0 saturated carbocycles. The van der Waals surface area contributed by atoms with Gasteiger partial charge in [-0.05, 0) is 12.1 Å². The Morgan fingerprint density at radius 1 is 1.24 bits per heavy atom. The van der Waals surface area contributed by atoms with Gasteiger partial charge in [0.05, 0.1) is 12.2 Å². The summed E-state index contributed by atoms with van der Waals surface area (Å²) in [7, 11) is 1.90. The van der Waals surface area contributed by atoms with Crippen molar-refractivity contribution in [2.24, 2.45) is 7.05 Å². The molecular weight excluding hydrogens is 282 g/mol. The van der Waals surface area contributed by atoms with Crippen molar-refractivity contribution in [2.45, 2.75) is 32.7 Å². The monoisotopic (exact) mass is 301 g/mol. The second kappa shape index (κ2) is 4.84. The van der Waals surface area contributed by atoms with Gasteiger partial charge in [0.15, 0.2) is 0 Å². The molecule has 0 fully saturated rings. The third-order valence-corrected chi connectivity index (χ3v) is 4.46. The van der Waals surface area contributed by atoms with E-state index in [0.29, 0.717) is 6.54 Å². The Bertz CT molecular complexity index is 848. The number of hydrogen-bond donors (Lipinski definition) is 0. The summed E-state index contributed by atoms with van der Waals surface area (Å²) in [4.78, 5) is 17.2. The van der Waals surface area contributed by atoms with Crippen molar-refractivity contribution >= 4 is 22.2 Å². The minimum absolute atomic E-state index is 0.0347. The molecule has 0 N–H and O–H groups in total.